The highest BCUT2D eigenvalue weighted by atomic mass is 14.8. The smallest absolute Gasteiger partial charge is 0.0746 e. The van der Waals surface area contributed by atoms with Crippen LogP contribution in [0.2, 0.25) is 0 Å². The molecule has 0 amide bonds. The van der Waals surface area contributed by atoms with Gasteiger partial charge in [0, 0.05) is 18.1 Å². The van der Waals surface area contributed by atoms with Gasteiger partial charge in [-0.1, -0.05) is 24.3 Å². The van der Waals surface area contributed by atoms with Crippen LogP contribution in [0.25, 0.3) is 10.9 Å². The maximum absolute atomic E-state index is 5.46. The van der Waals surface area contributed by atoms with Crippen LogP contribution in [-0.2, 0) is 6.54 Å². The van der Waals surface area contributed by atoms with E-state index in [-0.39, 0.29) is 0 Å². The van der Waals surface area contributed by atoms with E-state index in [1.807, 2.05) is 12.3 Å². The molecule has 0 unspecified atom stereocenters. The molecule has 0 fully saturated rings. The standard InChI is InChI=1S/C14H19N3/c15-8-1-2-9-16-11-13-6-3-5-12-7-4-10-17-14(12)13/h3-7,10,16H,1-2,8-9,11,15H2. The summed E-state index contributed by atoms with van der Waals surface area (Å²) in [5.41, 5.74) is 7.82. The summed E-state index contributed by atoms with van der Waals surface area (Å²) in [6, 6.07) is 10.4. The van der Waals surface area contributed by atoms with Gasteiger partial charge in [0.05, 0.1) is 5.52 Å². The lowest BCUT2D eigenvalue weighted by atomic mass is 10.1. The minimum absolute atomic E-state index is 0.775. The van der Waals surface area contributed by atoms with Gasteiger partial charge >= 0.3 is 0 Å². The minimum atomic E-state index is 0.775. The lowest BCUT2D eigenvalue weighted by Crippen LogP contribution is -2.16. The number of aromatic nitrogens is 1. The number of hydrogen-bond acceptors (Lipinski definition) is 3. The van der Waals surface area contributed by atoms with Crippen LogP contribution in [0.15, 0.2) is 36.5 Å². The van der Waals surface area contributed by atoms with Crippen molar-refractivity contribution in [3.63, 3.8) is 0 Å². The van der Waals surface area contributed by atoms with Gasteiger partial charge in [-0.3, -0.25) is 4.98 Å². The second kappa shape index (κ2) is 6.33. The zero-order valence-electron chi connectivity index (χ0n) is 10.0. The molecule has 0 saturated carbocycles. The van der Waals surface area contributed by atoms with Crippen molar-refractivity contribution in [2.24, 2.45) is 5.73 Å². The Hall–Kier alpha value is -1.45. The summed E-state index contributed by atoms with van der Waals surface area (Å²) in [6.07, 6.45) is 4.07. The van der Waals surface area contributed by atoms with Crippen molar-refractivity contribution in [1.82, 2.24) is 10.3 Å². The van der Waals surface area contributed by atoms with Crippen LogP contribution in [0, 0.1) is 0 Å². The van der Waals surface area contributed by atoms with Gasteiger partial charge in [-0.25, -0.2) is 0 Å². The van der Waals surface area contributed by atoms with Crippen LogP contribution in [0.5, 0.6) is 0 Å². The predicted octanol–water partition coefficient (Wildman–Crippen LogP) is 2.06. The molecular formula is C14H19N3. The zero-order valence-corrected chi connectivity index (χ0v) is 10.0. The van der Waals surface area contributed by atoms with E-state index in [0.717, 1.165) is 38.0 Å². The summed E-state index contributed by atoms with van der Waals surface area (Å²) < 4.78 is 0. The first kappa shape index (κ1) is 12.0. The Morgan fingerprint density at radius 2 is 2.00 bits per heavy atom. The van der Waals surface area contributed by atoms with Crippen molar-refractivity contribution in [3.05, 3.63) is 42.1 Å². The van der Waals surface area contributed by atoms with Gasteiger partial charge in [0.25, 0.3) is 0 Å². The normalized spacial score (nSPS) is 10.9. The third kappa shape index (κ3) is 3.25. The van der Waals surface area contributed by atoms with E-state index >= 15 is 0 Å². The highest BCUT2D eigenvalue weighted by molar-refractivity contribution is 5.81. The van der Waals surface area contributed by atoms with Gasteiger partial charge < -0.3 is 11.1 Å². The van der Waals surface area contributed by atoms with Gasteiger partial charge in [-0.15, -0.1) is 0 Å². The molecule has 3 heteroatoms. The largest absolute Gasteiger partial charge is 0.330 e. The highest BCUT2D eigenvalue weighted by Gasteiger charge is 2.00. The fraction of sp³-hybridized carbons (Fsp3) is 0.357. The third-order valence-corrected chi connectivity index (χ3v) is 2.84. The fourth-order valence-electron chi connectivity index (χ4n) is 1.93. The second-order valence-electron chi connectivity index (χ2n) is 4.16. The summed E-state index contributed by atoms with van der Waals surface area (Å²) in [4.78, 5) is 4.44. The number of nitrogens with zero attached hydrogens (tertiary/aromatic N) is 1. The third-order valence-electron chi connectivity index (χ3n) is 2.84. The molecule has 0 aliphatic carbocycles. The van der Waals surface area contributed by atoms with Crippen molar-refractivity contribution < 1.29 is 0 Å². The molecule has 2 aromatic rings. The first-order valence-electron chi connectivity index (χ1n) is 6.15. The maximum Gasteiger partial charge on any atom is 0.0746 e. The lowest BCUT2D eigenvalue weighted by molar-refractivity contribution is 0.629. The average Bonchev–Trinajstić information content (AvgIpc) is 2.39. The van der Waals surface area contributed by atoms with Crippen molar-refractivity contribution in [2.45, 2.75) is 19.4 Å². The zero-order chi connectivity index (χ0) is 11.9. The molecule has 0 saturated heterocycles. The molecule has 3 N–H and O–H groups in total. The van der Waals surface area contributed by atoms with Gasteiger partial charge in [-0.2, -0.15) is 0 Å². The summed E-state index contributed by atoms with van der Waals surface area (Å²) >= 11 is 0. The fourth-order valence-corrected chi connectivity index (χ4v) is 1.93. The molecule has 0 aliphatic heterocycles. The number of hydrogen-bond donors (Lipinski definition) is 2. The SMILES string of the molecule is NCCCCNCc1cccc2cccnc12. The number of nitrogens with two attached hydrogens (primary N) is 1. The molecule has 0 spiro atoms. The average molecular weight is 229 g/mol. The Kier molecular flexibility index (Phi) is 4.47. The monoisotopic (exact) mass is 229 g/mol. The van der Waals surface area contributed by atoms with E-state index in [9.17, 15) is 0 Å². The maximum atomic E-state index is 5.46. The van der Waals surface area contributed by atoms with E-state index in [4.69, 9.17) is 5.73 Å². The Bertz CT molecular complexity index is 462. The number of benzene rings is 1. The molecule has 3 nitrogen and oxygen atoms in total. The van der Waals surface area contributed by atoms with Crippen molar-refractivity contribution in [3.8, 4) is 0 Å². The molecule has 0 aliphatic rings. The van der Waals surface area contributed by atoms with Crippen molar-refractivity contribution >= 4 is 10.9 Å². The van der Waals surface area contributed by atoms with Gasteiger partial charge in [0.2, 0.25) is 0 Å². The lowest BCUT2D eigenvalue weighted by Gasteiger charge is -2.07. The van der Waals surface area contributed by atoms with Crippen molar-refractivity contribution in [2.75, 3.05) is 13.1 Å². The number of fused-ring (bicyclic) bond motifs is 1. The summed E-state index contributed by atoms with van der Waals surface area (Å²) in [5, 5.41) is 4.64. The van der Waals surface area contributed by atoms with Crippen LogP contribution in [-0.4, -0.2) is 18.1 Å². The van der Waals surface area contributed by atoms with E-state index in [2.05, 4.69) is 34.6 Å². The molecule has 17 heavy (non-hydrogen) atoms. The molecule has 0 bridgehead atoms. The first-order chi connectivity index (χ1) is 8.42. The van der Waals surface area contributed by atoms with Gasteiger partial charge in [0.1, 0.15) is 0 Å². The minimum Gasteiger partial charge on any atom is -0.330 e. The number of rotatable bonds is 6. The predicted molar refractivity (Wildman–Crippen MR) is 71.7 cm³/mol. The summed E-state index contributed by atoms with van der Waals surface area (Å²) in [5.74, 6) is 0. The molecule has 1 heterocycles. The molecule has 0 atom stereocenters. The number of unbranched alkanes of at least 4 members (excludes halogenated alkanes) is 1. The van der Waals surface area contributed by atoms with Crippen LogP contribution >= 0.6 is 0 Å². The van der Waals surface area contributed by atoms with E-state index in [1.54, 1.807) is 0 Å². The summed E-state index contributed by atoms with van der Waals surface area (Å²) in [6.45, 7) is 2.66. The molecule has 1 aromatic carbocycles. The van der Waals surface area contributed by atoms with Crippen LogP contribution in [0.3, 0.4) is 0 Å². The molecule has 0 radical (unpaired) electrons. The molecule has 2 rings (SSSR count). The topological polar surface area (TPSA) is 50.9 Å². The Morgan fingerprint density at radius 1 is 1.12 bits per heavy atom. The van der Waals surface area contributed by atoms with Crippen LogP contribution < -0.4 is 11.1 Å². The highest BCUT2D eigenvalue weighted by Crippen LogP contribution is 2.15. The van der Waals surface area contributed by atoms with Gasteiger partial charge in [0.15, 0.2) is 0 Å². The molecular weight excluding hydrogens is 210 g/mol. The van der Waals surface area contributed by atoms with Crippen LogP contribution in [0.4, 0.5) is 0 Å². The Labute approximate surface area is 102 Å². The number of pyridine rings is 1. The second-order valence-corrected chi connectivity index (χ2v) is 4.16. The first-order valence-corrected chi connectivity index (χ1v) is 6.15. The number of para-hydroxylation sites is 1. The summed E-state index contributed by atoms with van der Waals surface area (Å²) in [7, 11) is 0. The Balaban J connectivity index is 1.98. The van der Waals surface area contributed by atoms with E-state index in [1.165, 1.54) is 10.9 Å². The van der Waals surface area contributed by atoms with Crippen molar-refractivity contribution in [1.29, 1.82) is 0 Å². The van der Waals surface area contributed by atoms with E-state index in [0.29, 0.717) is 0 Å². The quantitative estimate of drug-likeness (QED) is 0.745. The van der Waals surface area contributed by atoms with E-state index < -0.39 is 0 Å². The van der Waals surface area contributed by atoms with Gasteiger partial charge in [-0.05, 0) is 37.6 Å². The molecule has 90 valence electrons. The van der Waals surface area contributed by atoms with Crippen LogP contribution in [0.1, 0.15) is 18.4 Å². The Morgan fingerprint density at radius 3 is 2.88 bits per heavy atom. The number of nitrogens with one attached hydrogen (secondary N) is 1. The molecule has 1 aromatic heterocycles.